The second-order valence-electron chi connectivity index (χ2n) is 9.20. The van der Waals surface area contributed by atoms with Gasteiger partial charge in [-0.1, -0.05) is 29.0 Å². The first-order chi connectivity index (χ1) is 17.2. The van der Waals surface area contributed by atoms with Crippen molar-refractivity contribution in [1.29, 1.82) is 0 Å². The van der Waals surface area contributed by atoms with Gasteiger partial charge in [-0.05, 0) is 56.1 Å². The zero-order valence-electron chi connectivity index (χ0n) is 19.9. The van der Waals surface area contributed by atoms with Crippen molar-refractivity contribution >= 4 is 39.7 Å². The van der Waals surface area contributed by atoms with Crippen molar-refractivity contribution in [3.63, 3.8) is 0 Å². The van der Waals surface area contributed by atoms with E-state index in [1.54, 1.807) is 11.3 Å². The van der Waals surface area contributed by atoms with Gasteiger partial charge in [0.05, 0.1) is 5.92 Å². The molecule has 2 aromatic heterocycles. The molecule has 0 unspecified atom stereocenters. The van der Waals surface area contributed by atoms with E-state index >= 15 is 0 Å². The molecule has 2 fully saturated rings. The number of piperidine rings is 1. The number of carbonyl (C=O) groups excluding carboxylic acids is 1. The number of benzene rings is 1. The molecule has 0 saturated carbocycles. The van der Waals surface area contributed by atoms with Crippen LogP contribution in [0.4, 0.5) is 10.8 Å². The molecule has 4 heterocycles. The van der Waals surface area contributed by atoms with Crippen molar-refractivity contribution in [2.75, 3.05) is 62.2 Å². The maximum Gasteiger partial charge on any atom is 0.224 e. The summed E-state index contributed by atoms with van der Waals surface area (Å²) in [6.07, 6.45) is 6.83. The second-order valence-corrected chi connectivity index (χ2v) is 10.6. The van der Waals surface area contributed by atoms with Gasteiger partial charge < -0.3 is 15.1 Å². The molecule has 1 atom stereocenters. The number of hydrogen-bond acceptors (Lipinski definition) is 7. The third-order valence-corrected chi connectivity index (χ3v) is 8.02. The highest BCUT2D eigenvalue weighted by Gasteiger charge is 2.27. The molecule has 0 aliphatic carbocycles. The van der Waals surface area contributed by atoms with Crippen molar-refractivity contribution in [2.45, 2.75) is 19.3 Å². The van der Waals surface area contributed by atoms with Crippen LogP contribution in [-0.2, 0) is 4.79 Å². The molecule has 8 nitrogen and oxygen atoms in total. The lowest BCUT2D eigenvalue weighted by atomic mass is 9.97. The van der Waals surface area contributed by atoms with E-state index in [2.05, 4.69) is 36.3 Å². The van der Waals surface area contributed by atoms with Crippen LogP contribution in [0.5, 0.6) is 0 Å². The molecule has 0 spiro atoms. The van der Waals surface area contributed by atoms with Gasteiger partial charge in [0.1, 0.15) is 0 Å². The van der Waals surface area contributed by atoms with E-state index in [0.29, 0.717) is 6.54 Å². The van der Waals surface area contributed by atoms with Crippen LogP contribution in [-0.4, -0.2) is 77.9 Å². The Bertz CT molecular complexity index is 1100. The Morgan fingerprint density at radius 3 is 2.63 bits per heavy atom. The maximum atomic E-state index is 12.8. The summed E-state index contributed by atoms with van der Waals surface area (Å²) < 4.78 is 1.96. The lowest BCUT2D eigenvalue weighted by Gasteiger charge is -2.36. The summed E-state index contributed by atoms with van der Waals surface area (Å²) in [5.74, 6) is 0.166. The number of halogens is 1. The molecule has 186 valence electrons. The summed E-state index contributed by atoms with van der Waals surface area (Å²) >= 11 is 7.70. The topological polar surface area (TPSA) is 69.5 Å². The average Bonchev–Trinajstić information content (AvgIpc) is 3.60. The largest absolute Gasteiger partial charge is 0.369 e. The predicted molar refractivity (Wildman–Crippen MR) is 142 cm³/mol. The van der Waals surface area contributed by atoms with Crippen LogP contribution in [0.3, 0.4) is 0 Å². The normalized spacial score (nSPS) is 19.2. The van der Waals surface area contributed by atoms with E-state index in [0.717, 1.165) is 80.4 Å². The molecule has 3 aromatic rings. The molecule has 10 heteroatoms. The van der Waals surface area contributed by atoms with Crippen molar-refractivity contribution in [1.82, 2.24) is 25.0 Å². The summed E-state index contributed by atoms with van der Waals surface area (Å²) in [4.78, 5) is 19.9. The lowest BCUT2D eigenvalue weighted by molar-refractivity contribution is -0.125. The molecule has 0 bridgehead atoms. The van der Waals surface area contributed by atoms with Crippen molar-refractivity contribution in [3.05, 3.63) is 53.8 Å². The average molecular weight is 514 g/mol. The molecular weight excluding hydrogens is 482 g/mol. The molecule has 35 heavy (non-hydrogen) atoms. The number of carbonyl (C=O) groups is 1. The quantitative estimate of drug-likeness (QED) is 0.465. The number of rotatable bonds is 8. The molecule has 1 aromatic carbocycles. The maximum absolute atomic E-state index is 12.8. The van der Waals surface area contributed by atoms with Crippen molar-refractivity contribution < 1.29 is 4.79 Å². The molecule has 2 saturated heterocycles. The standard InChI is InChI=1S/C25H32ClN7OS/c26-21-7-3-8-22(18-21)31-16-14-30(15-17-31)10-5-9-27-23(34)20-6-4-13-33(19-20)25-29-28-24(35-25)32-11-1-2-12-32/h1-3,7-8,11-12,18,20H,4-6,9-10,13-17,19H2,(H,27,34)/t20-/m0/s1. The van der Waals surface area contributed by atoms with Gasteiger partial charge in [-0.2, -0.15) is 0 Å². The molecule has 1 amide bonds. The smallest absolute Gasteiger partial charge is 0.224 e. The Hall–Kier alpha value is -2.62. The second kappa shape index (κ2) is 11.4. The molecule has 5 rings (SSSR count). The van der Waals surface area contributed by atoms with Crippen molar-refractivity contribution in [2.24, 2.45) is 5.92 Å². The number of nitrogens with one attached hydrogen (secondary N) is 1. The summed E-state index contributed by atoms with van der Waals surface area (Å²) in [7, 11) is 0. The van der Waals surface area contributed by atoms with Gasteiger partial charge in [-0.3, -0.25) is 14.3 Å². The fourth-order valence-corrected chi connectivity index (χ4v) is 5.86. The number of nitrogens with zero attached hydrogens (tertiary/aromatic N) is 6. The number of aromatic nitrogens is 3. The Morgan fingerprint density at radius 1 is 1.03 bits per heavy atom. The third kappa shape index (κ3) is 6.15. The minimum atomic E-state index is 0.00363. The van der Waals surface area contributed by atoms with E-state index in [1.807, 2.05) is 47.3 Å². The molecule has 1 N–H and O–H groups in total. The van der Waals surface area contributed by atoms with Gasteiger partial charge in [0, 0.05) is 68.9 Å². The number of piperazine rings is 1. The zero-order valence-corrected chi connectivity index (χ0v) is 21.4. The summed E-state index contributed by atoms with van der Waals surface area (Å²) in [6.45, 7) is 7.43. The van der Waals surface area contributed by atoms with Gasteiger partial charge in [-0.25, -0.2) is 0 Å². The van der Waals surface area contributed by atoms with Crippen LogP contribution in [0.1, 0.15) is 19.3 Å². The van der Waals surface area contributed by atoms with Gasteiger partial charge in [0.25, 0.3) is 0 Å². The van der Waals surface area contributed by atoms with Crippen LogP contribution in [0.15, 0.2) is 48.8 Å². The first-order valence-corrected chi connectivity index (χ1v) is 13.6. The highest BCUT2D eigenvalue weighted by molar-refractivity contribution is 7.17. The van der Waals surface area contributed by atoms with Gasteiger partial charge in [0.15, 0.2) is 0 Å². The highest BCUT2D eigenvalue weighted by Crippen LogP contribution is 2.28. The Kier molecular flexibility index (Phi) is 7.85. The van der Waals surface area contributed by atoms with E-state index in [9.17, 15) is 4.79 Å². The Balaban J connectivity index is 1.02. The molecule has 2 aliphatic heterocycles. The van der Waals surface area contributed by atoms with Gasteiger partial charge in [-0.15, -0.1) is 10.2 Å². The predicted octanol–water partition coefficient (Wildman–Crippen LogP) is 3.53. The van der Waals surface area contributed by atoms with E-state index in [4.69, 9.17) is 11.6 Å². The number of hydrogen-bond donors (Lipinski definition) is 1. The van der Waals surface area contributed by atoms with Crippen LogP contribution in [0.2, 0.25) is 5.02 Å². The van der Waals surface area contributed by atoms with E-state index in [1.165, 1.54) is 5.69 Å². The molecule has 2 aliphatic rings. The van der Waals surface area contributed by atoms with Crippen LogP contribution in [0, 0.1) is 5.92 Å². The van der Waals surface area contributed by atoms with E-state index < -0.39 is 0 Å². The molecular formula is C25H32ClN7OS. The van der Waals surface area contributed by atoms with Crippen molar-refractivity contribution in [3.8, 4) is 5.13 Å². The monoisotopic (exact) mass is 513 g/mol. The lowest BCUT2D eigenvalue weighted by Crippen LogP contribution is -2.47. The van der Waals surface area contributed by atoms with Crippen LogP contribution in [0.25, 0.3) is 5.13 Å². The van der Waals surface area contributed by atoms with E-state index in [-0.39, 0.29) is 11.8 Å². The first kappa shape index (κ1) is 24.1. The number of anilines is 2. The third-order valence-electron chi connectivity index (χ3n) is 6.79. The van der Waals surface area contributed by atoms with Crippen LogP contribution >= 0.6 is 22.9 Å². The highest BCUT2D eigenvalue weighted by atomic mass is 35.5. The molecule has 0 radical (unpaired) electrons. The fourth-order valence-electron chi connectivity index (χ4n) is 4.83. The Labute approximate surface area is 215 Å². The SMILES string of the molecule is O=C(NCCCN1CCN(c2cccc(Cl)c2)CC1)[C@H]1CCCN(c2nnc(-n3cccc3)s2)C1. The number of amides is 1. The van der Waals surface area contributed by atoms with Crippen LogP contribution < -0.4 is 15.1 Å². The van der Waals surface area contributed by atoms with Gasteiger partial charge in [0.2, 0.25) is 16.2 Å². The zero-order chi connectivity index (χ0) is 24.0. The summed E-state index contributed by atoms with van der Waals surface area (Å²) in [6, 6.07) is 12.0. The Morgan fingerprint density at radius 2 is 1.83 bits per heavy atom. The minimum absolute atomic E-state index is 0.00363. The fraction of sp³-hybridized carbons (Fsp3) is 0.480. The first-order valence-electron chi connectivity index (χ1n) is 12.4. The van der Waals surface area contributed by atoms with Gasteiger partial charge >= 0.3 is 0 Å². The minimum Gasteiger partial charge on any atom is -0.369 e. The summed E-state index contributed by atoms with van der Waals surface area (Å²) in [5, 5.41) is 14.4. The summed E-state index contributed by atoms with van der Waals surface area (Å²) in [5.41, 5.74) is 1.19.